The van der Waals surface area contributed by atoms with Crippen molar-refractivity contribution in [3.63, 3.8) is 0 Å². The minimum absolute atomic E-state index is 0.170. The summed E-state index contributed by atoms with van der Waals surface area (Å²) < 4.78 is 14.2. The molecule has 0 unspecified atom stereocenters. The van der Waals surface area contributed by atoms with Crippen molar-refractivity contribution in [1.82, 2.24) is 10.2 Å². The lowest BCUT2D eigenvalue weighted by atomic mass is 9.90. The first kappa shape index (κ1) is 14.9. The second kappa shape index (κ2) is 6.33. The van der Waals surface area contributed by atoms with Gasteiger partial charge in [0.1, 0.15) is 5.82 Å². The number of piperazine rings is 1. The van der Waals surface area contributed by atoms with Crippen LogP contribution in [0.1, 0.15) is 32.3 Å². The molecule has 2 rings (SSSR count). The fourth-order valence-corrected chi connectivity index (χ4v) is 3.37. The van der Waals surface area contributed by atoms with Crippen LogP contribution in [0.4, 0.5) is 4.39 Å². The van der Waals surface area contributed by atoms with Gasteiger partial charge in [-0.3, -0.25) is 4.90 Å². The molecule has 1 fully saturated rings. The molecule has 2 nitrogen and oxygen atoms in total. The molecule has 1 aromatic carbocycles. The average Bonchev–Trinajstić information content (AvgIpc) is 2.37. The van der Waals surface area contributed by atoms with Crippen molar-refractivity contribution in [2.75, 3.05) is 19.6 Å². The lowest BCUT2D eigenvalue weighted by Gasteiger charge is -2.43. The van der Waals surface area contributed by atoms with Crippen LogP contribution in [0.2, 0.25) is 0 Å². The molecule has 4 heteroatoms. The van der Waals surface area contributed by atoms with Gasteiger partial charge >= 0.3 is 0 Å². The van der Waals surface area contributed by atoms with E-state index in [1.807, 2.05) is 6.07 Å². The van der Waals surface area contributed by atoms with Gasteiger partial charge in [-0.2, -0.15) is 0 Å². The van der Waals surface area contributed by atoms with Gasteiger partial charge in [-0.15, -0.1) is 0 Å². The summed E-state index contributed by atoms with van der Waals surface area (Å²) in [4.78, 5) is 2.42. The minimum atomic E-state index is -0.170. The highest BCUT2D eigenvalue weighted by molar-refractivity contribution is 9.10. The van der Waals surface area contributed by atoms with Gasteiger partial charge < -0.3 is 5.32 Å². The predicted molar refractivity (Wildman–Crippen MR) is 80.7 cm³/mol. The van der Waals surface area contributed by atoms with Crippen molar-refractivity contribution in [2.45, 2.75) is 38.8 Å². The van der Waals surface area contributed by atoms with Crippen molar-refractivity contribution in [2.24, 2.45) is 0 Å². The van der Waals surface area contributed by atoms with Crippen LogP contribution in [0, 0.1) is 5.82 Å². The monoisotopic (exact) mass is 328 g/mol. The Bertz CT molecular complexity index is 412. The zero-order chi connectivity index (χ0) is 13.9. The second-order valence-corrected chi connectivity index (χ2v) is 6.32. The number of nitrogens with one attached hydrogen (secondary N) is 1. The van der Waals surface area contributed by atoms with E-state index in [0.29, 0.717) is 0 Å². The molecule has 1 N–H and O–H groups in total. The Balaban J connectivity index is 2.06. The highest BCUT2D eigenvalue weighted by atomic mass is 79.9. The maximum Gasteiger partial charge on any atom is 0.124 e. The molecule has 0 radical (unpaired) electrons. The normalized spacial score (nSPS) is 19.6. The Labute approximate surface area is 123 Å². The molecule has 1 aliphatic heterocycles. The highest BCUT2D eigenvalue weighted by Gasteiger charge is 2.31. The molecule has 1 aliphatic rings. The zero-order valence-corrected chi connectivity index (χ0v) is 13.3. The third kappa shape index (κ3) is 3.77. The first-order valence-electron chi connectivity index (χ1n) is 6.99. The van der Waals surface area contributed by atoms with Crippen LogP contribution < -0.4 is 5.32 Å². The van der Waals surface area contributed by atoms with E-state index >= 15 is 0 Å². The van der Waals surface area contributed by atoms with E-state index in [2.05, 4.69) is 40.0 Å². The van der Waals surface area contributed by atoms with E-state index in [-0.39, 0.29) is 11.4 Å². The molecule has 0 aromatic heterocycles. The van der Waals surface area contributed by atoms with Crippen LogP contribution in [0.5, 0.6) is 0 Å². The lowest BCUT2D eigenvalue weighted by Crippen LogP contribution is -2.59. The molecule has 1 aromatic rings. The van der Waals surface area contributed by atoms with Gasteiger partial charge in [0.15, 0.2) is 0 Å². The van der Waals surface area contributed by atoms with Crippen molar-refractivity contribution in [3.05, 3.63) is 34.1 Å². The minimum Gasteiger partial charge on any atom is -0.309 e. The van der Waals surface area contributed by atoms with Crippen LogP contribution >= 0.6 is 15.9 Å². The number of hydrogen-bond acceptors (Lipinski definition) is 2. The van der Waals surface area contributed by atoms with E-state index in [4.69, 9.17) is 0 Å². The zero-order valence-electron chi connectivity index (χ0n) is 11.7. The van der Waals surface area contributed by atoms with E-state index in [9.17, 15) is 4.39 Å². The SMILES string of the molecule is CCC1(CC)CN(Cc2cc(F)cc(Br)c2)CCN1. The van der Waals surface area contributed by atoms with Gasteiger partial charge in [-0.05, 0) is 36.6 Å². The van der Waals surface area contributed by atoms with Gasteiger partial charge in [-0.25, -0.2) is 4.39 Å². The summed E-state index contributed by atoms with van der Waals surface area (Å²) >= 11 is 3.36. The largest absolute Gasteiger partial charge is 0.309 e. The molecule has 1 saturated heterocycles. The molecule has 0 aliphatic carbocycles. The molecule has 106 valence electrons. The molecule has 19 heavy (non-hydrogen) atoms. The first-order chi connectivity index (χ1) is 9.07. The number of halogens is 2. The van der Waals surface area contributed by atoms with Gasteiger partial charge in [0.05, 0.1) is 0 Å². The number of nitrogens with zero attached hydrogens (tertiary/aromatic N) is 1. The molecule has 0 spiro atoms. The Morgan fingerprint density at radius 2 is 2.05 bits per heavy atom. The average molecular weight is 329 g/mol. The van der Waals surface area contributed by atoms with E-state index in [1.165, 1.54) is 6.07 Å². The third-order valence-electron chi connectivity index (χ3n) is 4.14. The first-order valence-corrected chi connectivity index (χ1v) is 7.78. The number of benzene rings is 1. The summed E-state index contributed by atoms with van der Waals surface area (Å²) in [7, 11) is 0. The summed E-state index contributed by atoms with van der Waals surface area (Å²) in [5.74, 6) is -0.170. The van der Waals surface area contributed by atoms with Crippen LogP contribution in [-0.4, -0.2) is 30.1 Å². The molecule has 0 saturated carbocycles. The van der Waals surface area contributed by atoms with Crippen molar-refractivity contribution >= 4 is 15.9 Å². The Morgan fingerprint density at radius 3 is 2.68 bits per heavy atom. The quantitative estimate of drug-likeness (QED) is 0.909. The highest BCUT2D eigenvalue weighted by Crippen LogP contribution is 2.22. The van der Waals surface area contributed by atoms with E-state index in [0.717, 1.165) is 49.1 Å². The smallest absolute Gasteiger partial charge is 0.124 e. The Kier molecular flexibility index (Phi) is 4.98. The lowest BCUT2D eigenvalue weighted by molar-refractivity contribution is 0.118. The van der Waals surface area contributed by atoms with Gasteiger partial charge in [0.25, 0.3) is 0 Å². The molecular formula is C15H22BrFN2. The topological polar surface area (TPSA) is 15.3 Å². The summed E-state index contributed by atoms with van der Waals surface area (Å²) in [6.45, 7) is 8.36. The molecule has 0 bridgehead atoms. The van der Waals surface area contributed by atoms with E-state index < -0.39 is 0 Å². The van der Waals surface area contributed by atoms with E-state index in [1.54, 1.807) is 6.07 Å². The van der Waals surface area contributed by atoms with Crippen LogP contribution in [0.25, 0.3) is 0 Å². The maximum atomic E-state index is 13.4. The molecular weight excluding hydrogens is 307 g/mol. The maximum absolute atomic E-state index is 13.4. The van der Waals surface area contributed by atoms with Crippen LogP contribution in [-0.2, 0) is 6.54 Å². The summed E-state index contributed by atoms with van der Waals surface area (Å²) in [6.07, 6.45) is 2.26. The molecule has 0 amide bonds. The van der Waals surface area contributed by atoms with Crippen LogP contribution in [0.3, 0.4) is 0 Å². The molecule has 1 heterocycles. The summed E-state index contributed by atoms with van der Waals surface area (Å²) in [6, 6.07) is 5.14. The fraction of sp³-hybridized carbons (Fsp3) is 0.600. The fourth-order valence-electron chi connectivity index (χ4n) is 2.86. The summed E-state index contributed by atoms with van der Waals surface area (Å²) in [5, 5.41) is 3.65. The molecule has 0 atom stereocenters. The number of hydrogen-bond donors (Lipinski definition) is 1. The predicted octanol–water partition coefficient (Wildman–Crippen LogP) is 3.55. The van der Waals surface area contributed by atoms with Gasteiger partial charge in [-0.1, -0.05) is 29.8 Å². The standard InChI is InChI=1S/C15H22BrFN2/c1-3-15(4-2)11-19(6-5-18-15)10-12-7-13(16)9-14(17)8-12/h7-9,18H,3-6,10-11H2,1-2H3. The second-order valence-electron chi connectivity index (χ2n) is 5.40. The van der Waals surface area contributed by atoms with Crippen LogP contribution in [0.15, 0.2) is 22.7 Å². The Hall–Kier alpha value is -0.450. The van der Waals surface area contributed by atoms with Crippen molar-refractivity contribution in [3.8, 4) is 0 Å². The van der Waals surface area contributed by atoms with Gasteiger partial charge in [0, 0.05) is 36.2 Å². The Morgan fingerprint density at radius 1 is 1.32 bits per heavy atom. The summed E-state index contributed by atoms with van der Waals surface area (Å²) in [5.41, 5.74) is 1.26. The third-order valence-corrected chi connectivity index (χ3v) is 4.59. The number of rotatable bonds is 4. The van der Waals surface area contributed by atoms with Gasteiger partial charge in [0.2, 0.25) is 0 Å². The van der Waals surface area contributed by atoms with Crippen molar-refractivity contribution < 1.29 is 4.39 Å². The van der Waals surface area contributed by atoms with Crippen molar-refractivity contribution in [1.29, 1.82) is 0 Å².